The summed E-state index contributed by atoms with van der Waals surface area (Å²) in [6, 6.07) is 0. The van der Waals surface area contributed by atoms with Crippen LogP contribution in [0.25, 0.3) is 0 Å². The Bertz CT molecular complexity index is 588. The second-order valence-corrected chi connectivity index (χ2v) is 7.11. The van der Waals surface area contributed by atoms with Gasteiger partial charge in [-0.05, 0) is 12.5 Å². The minimum Gasteiger partial charge on any atom is -0.394 e. The maximum atomic E-state index is 11.3. The number of aliphatic hydroxyl groups excluding tert-OH is 4. The van der Waals surface area contributed by atoms with Crippen LogP contribution in [-0.4, -0.2) is 71.5 Å². The molecule has 0 aromatic heterocycles. The van der Waals surface area contributed by atoms with Crippen molar-refractivity contribution in [2.24, 2.45) is 10.9 Å². The first-order valence-electron chi connectivity index (χ1n) is 6.62. The molecule has 1 aliphatic heterocycles. The van der Waals surface area contributed by atoms with Gasteiger partial charge in [-0.2, -0.15) is 0 Å². The van der Waals surface area contributed by atoms with Crippen molar-refractivity contribution in [2.75, 3.05) is 6.61 Å². The van der Waals surface area contributed by atoms with Crippen LogP contribution in [-0.2, 0) is 14.8 Å². The summed E-state index contributed by atoms with van der Waals surface area (Å²) in [7, 11) is -3.87. The third kappa shape index (κ3) is 3.09. The van der Waals surface area contributed by atoms with Crippen LogP contribution in [0.4, 0.5) is 0 Å². The first-order chi connectivity index (χ1) is 10.1. The third-order valence-corrected chi connectivity index (χ3v) is 4.93. The number of hydrogen-bond donors (Lipinski definition) is 6. The van der Waals surface area contributed by atoms with Crippen molar-refractivity contribution >= 4 is 10.0 Å². The van der Waals surface area contributed by atoms with Gasteiger partial charge in [0.1, 0.15) is 30.5 Å². The average molecular weight is 336 g/mol. The highest BCUT2D eigenvalue weighted by Crippen LogP contribution is 2.33. The van der Waals surface area contributed by atoms with Gasteiger partial charge in [-0.3, -0.25) is 0 Å². The van der Waals surface area contributed by atoms with Gasteiger partial charge in [0.05, 0.1) is 17.1 Å². The van der Waals surface area contributed by atoms with Gasteiger partial charge in [-0.25, -0.2) is 13.6 Å². The maximum Gasteiger partial charge on any atom is 0.237 e. The van der Waals surface area contributed by atoms with Gasteiger partial charge in [-0.15, -0.1) is 0 Å². The van der Waals surface area contributed by atoms with E-state index in [4.69, 9.17) is 20.7 Å². The molecule has 0 amide bonds. The molecule has 0 bridgehead atoms. The summed E-state index contributed by atoms with van der Waals surface area (Å²) in [4.78, 5) is -0.113. The van der Waals surface area contributed by atoms with Crippen molar-refractivity contribution in [3.05, 3.63) is 23.1 Å². The molecule has 0 saturated carbocycles. The Morgan fingerprint density at radius 2 is 1.91 bits per heavy atom. The van der Waals surface area contributed by atoms with Gasteiger partial charge in [-0.1, -0.05) is 12.2 Å². The Labute approximate surface area is 127 Å². The zero-order valence-electron chi connectivity index (χ0n) is 11.6. The molecular weight excluding hydrogens is 316 g/mol. The van der Waals surface area contributed by atoms with Crippen LogP contribution < -0.4 is 10.9 Å². The third-order valence-electron chi connectivity index (χ3n) is 3.97. The van der Waals surface area contributed by atoms with Crippen molar-refractivity contribution < 1.29 is 33.6 Å². The molecule has 2 aliphatic rings. The van der Waals surface area contributed by atoms with E-state index in [9.17, 15) is 23.7 Å². The molecule has 1 fully saturated rings. The van der Waals surface area contributed by atoms with E-state index in [0.29, 0.717) is 0 Å². The molecule has 22 heavy (non-hydrogen) atoms. The van der Waals surface area contributed by atoms with Gasteiger partial charge in [0.2, 0.25) is 10.0 Å². The Morgan fingerprint density at radius 3 is 2.36 bits per heavy atom. The van der Waals surface area contributed by atoms with Gasteiger partial charge in [0.25, 0.3) is 0 Å². The van der Waals surface area contributed by atoms with E-state index in [0.717, 1.165) is 0 Å². The first-order valence-corrected chi connectivity index (χ1v) is 8.16. The quantitative estimate of drug-likeness (QED) is 0.310. The molecule has 0 aromatic rings. The lowest BCUT2D eigenvalue weighted by molar-refractivity contribution is -0.239. The molecule has 2 unspecified atom stereocenters. The van der Waals surface area contributed by atoms with Crippen molar-refractivity contribution in [2.45, 2.75) is 42.5 Å². The normalized spacial score (nSPS) is 43.0. The molecule has 0 aromatic carbocycles. The monoisotopic (exact) mass is 336 g/mol. The van der Waals surface area contributed by atoms with E-state index >= 15 is 0 Å². The second-order valence-electron chi connectivity index (χ2n) is 5.55. The van der Waals surface area contributed by atoms with Crippen molar-refractivity contribution in [3.8, 4) is 0 Å². The molecule has 10 heteroatoms. The molecule has 0 radical (unpaired) electrons. The summed E-state index contributed by atoms with van der Waals surface area (Å²) in [6.07, 6.45) is -2.97. The highest BCUT2D eigenvalue weighted by Gasteiger charge is 2.50. The molecule has 1 aliphatic carbocycles. The lowest BCUT2D eigenvalue weighted by atomic mass is 9.79. The molecule has 2 rings (SSSR count). The summed E-state index contributed by atoms with van der Waals surface area (Å²) in [6.45, 7) is -0.570. The molecule has 9 nitrogen and oxygen atoms in total. The minimum absolute atomic E-state index is 0.0159. The van der Waals surface area contributed by atoms with Gasteiger partial charge < -0.3 is 30.9 Å². The van der Waals surface area contributed by atoms with Crippen molar-refractivity contribution in [3.63, 3.8) is 0 Å². The van der Waals surface area contributed by atoms with Crippen LogP contribution in [0.2, 0.25) is 0 Å². The van der Waals surface area contributed by atoms with Crippen LogP contribution in [0.3, 0.4) is 0 Å². The number of ether oxygens (including phenoxy) is 1. The molecule has 1 saturated heterocycles. The number of primary sulfonamides is 1. The number of allylic oxidation sites excluding steroid dienone is 1. The fraction of sp³-hybridized carbons (Fsp3) is 0.667. The summed E-state index contributed by atoms with van der Waals surface area (Å²) < 4.78 is 27.9. The average Bonchev–Trinajstić information content (AvgIpc) is 2.44. The number of aliphatic hydroxyl groups is 4. The Hall–Kier alpha value is -0.850. The van der Waals surface area contributed by atoms with Gasteiger partial charge in [0.15, 0.2) is 0 Å². The van der Waals surface area contributed by atoms with Crippen LogP contribution in [0.5, 0.6) is 0 Å². The van der Waals surface area contributed by atoms with Crippen LogP contribution in [0, 0.1) is 0 Å². The highest BCUT2D eigenvalue weighted by molar-refractivity contribution is 7.93. The van der Waals surface area contributed by atoms with E-state index in [-0.39, 0.29) is 11.3 Å². The van der Waals surface area contributed by atoms with Crippen LogP contribution in [0.1, 0.15) is 6.42 Å². The largest absolute Gasteiger partial charge is 0.394 e. The summed E-state index contributed by atoms with van der Waals surface area (Å²) in [5.41, 5.74) is 4.81. The van der Waals surface area contributed by atoms with Gasteiger partial charge >= 0.3 is 0 Å². The molecule has 8 N–H and O–H groups in total. The second kappa shape index (κ2) is 5.98. The predicted molar refractivity (Wildman–Crippen MR) is 75.6 cm³/mol. The maximum absolute atomic E-state index is 11.3. The van der Waals surface area contributed by atoms with Crippen molar-refractivity contribution in [1.29, 1.82) is 0 Å². The summed E-state index contributed by atoms with van der Waals surface area (Å²) in [5, 5.41) is 43.8. The number of rotatable bonds is 3. The van der Waals surface area contributed by atoms with Gasteiger partial charge in [0, 0.05) is 0 Å². The topological polar surface area (TPSA) is 176 Å². The van der Waals surface area contributed by atoms with E-state index < -0.39 is 52.7 Å². The lowest BCUT2D eigenvalue weighted by Gasteiger charge is -2.47. The zero-order valence-corrected chi connectivity index (χ0v) is 12.4. The Balaban J connectivity index is 2.24. The van der Waals surface area contributed by atoms with Crippen LogP contribution >= 0.6 is 0 Å². The SMILES string of the molecule is NC1(C2O[C@H](CO)[C@@H](O)[C@H](O)[C@H]2O)C=CC(S(N)(=O)=O)=CC1. The first kappa shape index (κ1) is 17.5. The van der Waals surface area contributed by atoms with E-state index in [2.05, 4.69) is 0 Å². The lowest BCUT2D eigenvalue weighted by Crippen LogP contribution is -2.67. The number of nitrogens with two attached hydrogens (primary N) is 2. The Kier molecular flexibility index (Phi) is 4.76. The highest BCUT2D eigenvalue weighted by atomic mass is 32.2. The standard InChI is InChI=1S/C12H20N2O7S/c13-12(3-1-6(2-4-12)22(14,19)20)11-10(18)9(17)8(16)7(5-15)21-11/h1-3,7-11,15-18H,4-5,13H2,(H2,14,19,20)/t7-,8-,9+,10-,11?,12?/m1/s1. The smallest absolute Gasteiger partial charge is 0.237 e. The summed E-state index contributed by atoms with van der Waals surface area (Å²) >= 11 is 0. The number of hydrogen-bond acceptors (Lipinski definition) is 8. The molecule has 126 valence electrons. The fourth-order valence-electron chi connectivity index (χ4n) is 2.62. The predicted octanol–water partition coefficient (Wildman–Crippen LogP) is -3.34. The molecule has 6 atom stereocenters. The minimum atomic E-state index is -3.87. The number of sulfonamides is 1. The van der Waals surface area contributed by atoms with E-state index in [1.54, 1.807) is 0 Å². The van der Waals surface area contributed by atoms with E-state index in [1.165, 1.54) is 18.2 Å². The molecule has 0 spiro atoms. The van der Waals surface area contributed by atoms with E-state index in [1.807, 2.05) is 0 Å². The van der Waals surface area contributed by atoms with Crippen molar-refractivity contribution in [1.82, 2.24) is 0 Å². The Morgan fingerprint density at radius 1 is 1.27 bits per heavy atom. The molecular formula is C12H20N2O7S. The zero-order chi connectivity index (χ0) is 16.7. The summed E-state index contributed by atoms with van der Waals surface area (Å²) in [5.74, 6) is 0. The fourth-order valence-corrected chi connectivity index (χ4v) is 3.19. The molecule has 1 heterocycles. The van der Waals surface area contributed by atoms with Crippen LogP contribution in [0.15, 0.2) is 23.1 Å².